The monoisotopic (exact) mass is 953 g/mol. The molecule has 0 aromatic heterocycles. The molecule has 0 aliphatic heterocycles. The third-order valence-corrected chi connectivity index (χ3v) is 13.0. The van der Waals surface area contributed by atoms with Crippen molar-refractivity contribution in [1.82, 2.24) is 0 Å². The van der Waals surface area contributed by atoms with Crippen LogP contribution in [0.15, 0.2) is 230 Å². The Balaban J connectivity index is 1.20. The van der Waals surface area contributed by atoms with Gasteiger partial charge in [-0.2, -0.15) is 0 Å². The summed E-state index contributed by atoms with van der Waals surface area (Å²) in [5.41, 5.74) is 0.605. The summed E-state index contributed by atoms with van der Waals surface area (Å²) in [7, 11) is 0. The van der Waals surface area contributed by atoms with E-state index in [0.717, 1.165) is 23.3 Å². The SMILES string of the molecule is [2H]c1c([2H])c([2H])c(-c2cc(F)c(N(c3ccc(C)cc3C)c3ccc4ccc5c(N(c6ccc(C)cc6C)c6c(F)cc(-c7c([2H])c([2H])c([2H])c([2H])c7[2H])cc6-c6c([2H])c([2H])c([2H])c([2H])c6[2H])ccc6ccc3c4c65)c(-c3c([2H])c([2H])c([2H])c([2H])c3[2H])c2)c([2H])c1[2H]. The molecule has 0 spiro atoms. The topological polar surface area (TPSA) is 6.48 Å². The van der Waals surface area contributed by atoms with Crippen LogP contribution in [-0.2, 0) is 0 Å². The second kappa shape index (κ2) is 18.1. The lowest BCUT2D eigenvalue weighted by Crippen LogP contribution is -2.16. The number of benzene rings is 12. The fraction of sp³-hybridized carbons (Fsp3) is 0.0588. The highest BCUT2D eigenvalue weighted by Crippen LogP contribution is 2.52. The molecule has 0 heterocycles. The maximum Gasteiger partial charge on any atom is 0.148 e. The lowest BCUT2D eigenvalue weighted by molar-refractivity contribution is 0.629. The van der Waals surface area contributed by atoms with Crippen molar-refractivity contribution in [1.29, 1.82) is 0 Å². The predicted octanol–water partition coefficient (Wildman–Crippen LogP) is 19.7. The largest absolute Gasteiger partial charge is 0.306 e. The summed E-state index contributed by atoms with van der Waals surface area (Å²) in [6, 6.07) is 15.2. The van der Waals surface area contributed by atoms with Crippen LogP contribution < -0.4 is 9.80 Å². The van der Waals surface area contributed by atoms with Gasteiger partial charge in [0.05, 0.1) is 50.2 Å². The van der Waals surface area contributed by atoms with Crippen LogP contribution in [0.25, 0.3) is 76.8 Å². The predicted molar refractivity (Wildman–Crippen MR) is 300 cm³/mol. The van der Waals surface area contributed by atoms with E-state index in [0.29, 0.717) is 54.8 Å². The van der Waals surface area contributed by atoms with E-state index < -0.39 is 155 Å². The quantitative estimate of drug-likeness (QED) is 0.126. The van der Waals surface area contributed by atoms with E-state index in [1.54, 1.807) is 72.2 Å². The lowest BCUT2D eigenvalue weighted by Gasteiger charge is -2.32. The molecule has 12 aromatic carbocycles. The Morgan fingerprint density at radius 2 is 0.667 bits per heavy atom. The Morgan fingerprint density at radius 3 is 1.03 bits per heavy atom. The fourth-order valence-corrected chi connectivity index (χ4v) is 9.89. The van der Waals surface area contributed by atoms with Crippen LogP contribution in [0.1, 0.15) is 49.7 Å². The van der Waals surface area contributed by atoms with Crippen molar-refractivity contribution >= 4 is 66.4 Å². The summed E-state index contributed by atoms with van der Waals surface area (Å²) in [4.78, 5) is 3.11. The van der Waals surface area contributed by atoms with Crippen molar-refractivity contribution in [2.45, 2.75) is 27.7 Å². The third-order valence-electron chi connectivity index (χ3n) is 13.0. The number of halogens is 2. The molecule has 12 rings (SSSR count). The molecule has 72 heavy (non-hydrogen) atoms. The van der Waals surface area contributed by atoms with Crippen molar-refractivity contribution in [3.05, 3.63) is 264 Å². The van der Waals surface area contributed by atoms with Crippen molar-refractivity contribution < 1.29 is 36.2 Å². The summed E-state index contributed by atoms with van der Waals surface area (Å²) in [5.74, 6) is -2.16. The molecule has 0 aliphatic carbocycles. The maximum absolute atomic E-state index is 18.6. The molecule has 2 nitrogen and oxygen atoms in total. The number of rotatable bonds is 10. The Labute approximate surface area is 447 Å². The summed E-state index contributed by atoms with van der Waals surface area (Å²) < 4.78 is 213. The van der Waals surface area contributed by atoms with E-state index in [1.165, 1.54) is 12.1 Å². The van der Waals surface area contributed by atoms with E-state index in [-0.39, 0.29) is 45.0 Å². The van der Waals surface area contributed by atoms with Crippen molar-refractivity contribution in [2.24, 2.45) is 0 Å². The van der Waals surface area contributed by atoms with E-state index in [2.05, 4.69) is 0 Å². The van der Waals surface area contributed by atoms with Gasteiger partial charge in [0.15, 0.2) is 0 Å². The first-order valence-corrected chi connectivity index (χ1v) is 22.9. The zero-order valence-corrected chi connectivity index (χ0v) is 39.0. The highest BCUT2D eigenvalue weighted by molar-refractivity contribution is 6.28. The average Bonchev–Trinajstić information content (AvgIpc) is 0.767. The van der Waals surface area contributed by atoms with Crippen molar-refractivity contribution in [3.63, 3.8) is 0 Å². The summed E-state index contributed by atoms with van der Waals surface area (Å²) in [6.45, 7) is 7.29. The molecule has 0 saturated heterocycles. The first-order valence-electron chi connectivity index (χ1n) is 32.9. The molecule has 0 atom stereocenters. The molecule has 4 heteroatoms. The average molecular weight is 953 g/mol. The van der Waals surface area contributed by atoms with Crippen LogP contribution >= 0.6 is 0 Å². The number of nitrogens with zero attached hydrogens (tertiary/aromatic N) is 2. The molecule has 0 radical (unpaired) electrons. The zero-order chi connectivity index (χ0) is 66.4. The van der Waals surface area contributed by atoms with E-state index in [9.17, 15) is 5.48 Å². The normalized spacial score (nSPS) is 15.4. The third kappa shape index (κ3) is 7.73. The van der Waals surface area contributed by atoms with Crippen molar-refractivity contribution in [3.8, 4) is 44.5 Å². The minimum absolute atomic E-state index is 0.253. The number of anilines is 6. The minimum Gasteiger partial charge on any atom is -0.306 e. The van der Waals surface area contributed by atoms with Gasteiger partial charge < -0.3 is 9.80 Å². The number of hydrogen-bond donors (Lipinski definition) is 0. The number of hydrogen-bond acceptors (Lipinski definition) is 2. The standard InChI is InChI=1S/C68H50F2N2/c1-43-25-33-61(45(3)37-43)71(67-57(49-21-13-7-14-22-49)39-53(41-59(67)69)47-17-9-5-10-18-47)63-35-29-51-28-32-56-64(36-30-52-27-31-55(63)65(51)66(52)56)72(62-34-26-44(2)38-46(62)4)68-58(50-23-15-8-16-24-50)40-54(42-60(68)70)48-19-11-6-12-20-48/h5-42H,1-4H3/i5D,6D,7D,8D,9D,10D,11D,12D,13D,14D,15D,16D,17D,18D,19D,20D,21D,22D,23D,24D. The first-order chi connectivity index (χ1) is 43.5. The zero-order valence-electron chi connectivity index (χ0n) is 59.0. The molecule has 0 aliphatic rings. The second-order valence-electron chi connectivity index (χ2n) is 17.6. The van der Waals surface area contributed by atoms with Gasteiger partial charge in [-0.3, -0.25) is 0 Å². The van der Waals surface area contributed by atoms with Gasteiger partial charge in [0.1, 0.15) is 11.6 Å². The van der Waals surface area contributed by atoms with Gasteiger partial charge >= 0.3 is 0 Å². The summed E-state index contributed by atoms with van der Waals surface area (Å²) >= 11 is 0. The first kappa shape index (κ1) is 27.5. The molecule has 12 aromatic rings. The smallest absolute Gasteiger partial charge is 0.148 e. The Morgan fingerprint density at radius 1 is 0.333 bits per heavy atom. The molecule has 346 valence electrons. The Bertz CT molecular complexity index is 4790. The lowest BCUT2D eigenvalue weighted by atomic mass is 9.90. The summed E-state index contributed by atoms with van der Waals surface area (Å²) in [6.07, 6.45) is 0. The molecule has 0 bridgehead atoms. The van der Waals surface area contributed by atoms with Gasteiger partial charge in [-0.15, -0.1) is 0 Å². The van der Waals surface area contributed by atoms with Crippen LogP contribution in [0.3, 0.4) is 0 Å². The van der Waals surface area contributed by atoms with Gasteiger partial charge in [0.25, 0.3) is 0 Å². The van der Waals surface area contributed by atoms with E-state index in [1.807, 2.05) is 50.2 Å². The Kier molecular flexibility index (Phi) is 6.93. The number of aryl methyl sites for hydroxylation is 4. The van der Waals surface area contributed by atoms with Crippen LogP contribution in [0.4, 0.5) is 42.9 Å². The van der Waals surface area contributed by atoms with Gasteiger partial charge in [-0.25, -0.2) is 8.78 Å². The van der Waals surface area contributed by atoms with Crippen LogP contribution in [0.5, 0.6) is 0 Å². The van der Waals surface area contributed by atoms with Gasteiger partial charge in [-0.05, 0) is 142 Å². The van der Waals surface area contributed by atoms with Gasteiger partial charge in [0.2, 0.25) is 0 Å². The van der Waals surface area contributed by atoms with Crippen molar-refractivity contribution in [2.75, 3.05) is 9.80 Å². The van der Waals surface area contributed by atoms with E-state index >= 15 is 8.78 Å². The highest BCUT2D eigenvalue weighted by Gasteiger charge is 2.29. The minimum atomic E-state index is -1.08. The molecule has 0 saturated carbocycles. The molecule has 0 fully saturated rings. The molecule has 0 amide bonds. The van der Waals surface area contributed by atoms with Gasteiger partial charge in [0, 0.05) is 33.3 Å². The highest BCUT2D eigenvalue weighted by atomic mass is 19.1. The molecular weight excluding hydrogens is 883 g/mol. The molecule has 0 N–H and O–H groups in total. The van der Waals surface area contributed by atoms with Gasteiger partial charge in [-0.1, -0.05) is 193 Å². The molecule has 0 unspecified atom stereocenters. The second-order valence-corrected chi connectivity index (χ2v) is 17.6. The summed E-state index contributed by atoms with van der Waals surface area (Å²) in [5, 5.41) is 3.36. The Hall–Kier alpha value is -8.86. The van der Waals surface area contributed by atoms with Crippen LogP contribution in [0.2, 0.25) is 0 Å². The van der Waals surface area contributed by atoms with Crippen LogP contribution in [0, 0.1) is 39.3 Å². The molecular formula is C68H50F2N2. The maximum atomic E-state index is 18.6. The van der Waals surface area contributed by atoms with E-state index in [4.69, 9.17) is 21.9 Å². The van der Waals surface area contributed by atoms with Crippen LogP contribution in [-0.4, -0.2) is 0 Å². The fourth-order valence-electron chi connectivity index (χ4n) is 9.89.